The van der Waals surface area contributed by atoms with Gasteiger partial charge in [-0.2, -0.15) is 15.2 Å². The zero-order chi connectivity index (χ0) is 26.1. The van der Waals surface area contributed by atoms with Gasteiger partial charge in [-0.05, 0) is 43.5 Å². The highest BCUT2D eigenvalue weighted by Gasteiger charge is 2.32. The summed E-state index contributed by atoms with van der Waals surface area (Å²) in [7, 11) is 0. The molecule has 1 unspecified atom stereocenters. The maximum Gasteiger partial charge on any atom is 0.573 e. The quantitative estimate of drug-likeness (QED) is 0.382. The molecule has 3 N–H and O–H groups in total. The molecule has 10 nitrogen and oxygen atoms in total. The van der Waals surface area contributed by atoms with Gasteiger partial charge in [0.2, 0.25) is 5.91 Å². The molecule has 1 aromatic carbocycles. The van der Waals surface area contributed by atoms with E-state index in [1.165, 1.54) is 23.1 Å². The van der Waals surface area contributed by atoms with Crippen molar-refractivity contribution >= 4 is 23.4 Å². The van der Waals surface area contributed by atoms with E-state index in [0.717, 1.165) is 19.0 Å². The highest BCUT2D eigenvalue weighted by molar-refractivity contribution is 6.32. The molecule has 2 heterocycles. The third-order valence-corrected chi connectivity index (χ3v) is 5.70. The maximum absolute atomic E-state index is 12.9. The molecule has 1 aliphatic rings. The van der Waals surface area contributed by atoms with Crippen LogP contribution in [-0.4, -0.2) is 58.8 Å². The SMILES string of the molecule is N#CCCCCNC(=O)[C@H](Cc1ccc(OC(F)(F)F)c(Cl)c1)NC(=O)c1cnn(C2CCNC2)n1. The molecular formula is C22H25ClF3N7O3. The Kier molecular flexibility index (Phi) is 9.49. The Morgan fingerprint density at radius 1 is 1.36 bits per heavy atom. The van der Waals surface area contributed by atoms with Gasteiger partial charge in [0, 0.05) is 25.9 Å². The Hall–Kier alpha value is -3.37. The van der Waals surface area contributed by atoms with Crippen LogP contribution in [0.25, 0.3) is 0 Å². The monoisotopic (exact) mass is 527 g/mol. The number of halogens is 4. The van der Waals surface area contributed by atoms with Crippen LogP contribution in [0.5, 0.6) is 5.75 Å². The van der Waals surface area contributed by atoms with E-state index in [1.54, 1.807) is 0 Å². The van der Waals surface area contributed by atoms with Gasteiger partial charge in [-0.25, -0.2) is 0 Å². The highest BCUT2D eigenvalue weighted by Crippen LogP contribution is 2.31. The summed E-state index contributed by atoms with van der Waals surface area (Å²) < 4.78 is 41.4. The molecule has 1 aliphatic heterocycles. The Balaban J connectivity index is 1.71. The summed E-state index contributed by atoms with van der Waals surface area (Å²) in [5.74, 6) is -1.70. The average molecular weight is 528 g/mol. The molecule has 1 fully saturated rings. The number of carbonyl (C=O) groups is 2. The lowest BCUT2D eigenvalue weighted by Crippen LogP contribution is -2.48. The van der Waals surface area contributed by atoms with E-state index < -0.39 is 30.0 Å². The van der Waals surface area contributed by atoms with Gasteiger partial charge in [0.25, 0.3) is 5.91 Å². The zero-order valence-electron chi connectivity index (χ0n) is 19.1. The minimum absolute atomic E-state index is 0.0265. The number of hydrogen-bond donors (Lipinski definition) is 3. The topological polar surface area (TPSA) is 134 Å². The Labute approximate surface area is 210 Å². The molecule has 36 heavy (non-hydrogen) atoms. The van der Waals surface area contributed by atoms with Crippen molar-refractivity contribution in [3.05, 3.63) is 40.7 Å². The molecule has 3 rings (SSSR count). The Bertz CT molecular complexity index is 1100. The summed E-state index contributed by atoms with van der Waals surface area (Å²) in [6, 6.07) is 4.59. The number of nitriles is 1. The number of nitrogens with zero attached hydrogens (tertiary/aromatic N) is 4. The van der Waals surface area contributed by atoms with Crippen LogP contribution in [0.2, 0.25) is 5.02 Å². The molecular weight excluding hydrogens is 503 g/mol. The summed E-state index contributed by atoms with van der Waals surface area (Å²) in [5.41, 5.74) is 0.431. The highest BCUT2D eigenvalue weighted by atomic mass is 35.5. The average Bonchev–Trinajstić information content (AvgIpc) is 3.51. The molecule has 0 aliphatic carbocycles. The molecule has 0 saturated carbocycles. The summed E-state index contributed by atoms with van der Waals surface area (Å²) in [5, 5.41) is 25.2. The van der Waals surface area contributed by atoms with E-state index in [4.69, 9.17) is 16.9 Å². The minimum Gasteiger partial charge on any atom is -0.404 e. The lowest BCUT2D eigenvalue weighted by atomic mass is 10.0. The van der Waals surface area contributed by atoms with Gasteiger partial charge in [0.05, 0.1) is 23.3 Å². The second kappa shape index (κ2) is 12.5. The molecule has 1 aromatic heterocycles. The molecule has 2 atom stereocenters. The summed E-state index contributed by atoms with van der Waals surface area (Å²) in [6.07, 6.45) is -1.30. The number of nitrogens with one attached hydrogen (secondary N) is 3. The number of aromatic nitrogens is 3. The summed E-state index contributed by atoms with van der Waals surface area (Å²) in [6.45, 7) is 1.79. The first-order chi connectivity index (χ1) is 17.2. The maximum atomic E-state index is 12.9. The van der Waals surface area contributed by atoms with Crippen LogP contribution in [-0.2, 0) is 11.2 Å². The molecule has 1 saturated heterocycles. The second-order valence-corrected chi connectivity index (χ2v) is 8.55. The van der Waals surface area contributed by atoms with E-state index >= 15 is 0 Å². The molecule has 14 heteroatoms. The van der Waals surface area contributed by atoms with Gasteiger partial charge in [-0.15, -0.1) is 18.3 Å². The van der Waals surface area contributed by atoms with E-state index in [0.29, 0.717) is 31.4 Å². The van der Waals surface area contributed by atoms with Crippen molar-refractivity contribution in [1.82, 2.24) is 30.9 Å². The number of alkyl halides is 3. The number of carbonyl (C=O) groups excluding carboxylic acids is 2. The standard InChI is InChI=1S/C22H25ClF3N7O3/c23-16-10-14(4-5-19(16)36-22(24,25)26)11-17(20(34)29-8-3-1-2-7-27)31-21(35)18-13-30-33(32-18)15-6-9-28-12-15/h4-5,10,13,15,17,28H,1-3,6,8-9,11-12H2,(H,29,34)(H,31,35)/t15?,17-/m0/s1. The van der Waals surface area contributed by atoms with Crippen molar-refractivity contribution in [2.24, 2.45) is 0 Å². The van der Waals surface area contributed by atoms with E-state index in [1.807, 2.05) is 6.07 Å². The molecule has 0 spiro atoms. The number of rotatable bonds is 11. The van der Waals surface area contributed by atoms with Crippen molar-refractivity contribution in [2.75, 3.05) is 19.6 Å². The number of unbranched alkanes of at least 4 members (excludes halogenated alkanes) is 2. The first-order valence-corrected chi connectivity index (χ1v) is 11.7. The largest absolute Gasteiger partial charge is 0.573 e. The van der Waals surface area contributed by atoms with Crippen molar-refractivity contribution < 1.29 is 27.5 Å². The molecule has 0 bridgehead atoms. The van der Waals surface area contributed by atoms with Crippen LogP contribution in [0.1, 0.15) is 47.8 Å². The van der Waals surface area contributed by atoms with Crippen molar-refractivity contribution in [3.8, 4) is 11.8 Å². The van der Waals surface area contributed by atoms with Gasteiger partial charge in [0.15, 0.2) is 5.69 Å². The molecule has 194 valence electrons. The van der Waals surface area contributed by atoms with Gasteiger partial charge in [0.1, 0.15) is 11.8 Å². The fourth-order valence-corrected chi connectivity index (χ4v) is 3.85. The van der Waals surface area contributed by atoms with Gasteiger partial charge in [-0.1, -0.05) is 17.7 Å². The first kappa shape index (κ1) is 27.2. The molecule has 0 radical (unpaired) electrons. The van der Waals surface area contributed by atoms with Crippen LogP contribution < -0.4 is 20.7 Å². The third-order valence-electron chi connectivity index (χ3n) is 5.40. The normalized spacial score (nSPS) is 16.2. The number of ether oxygens (including phenoxy) is 1. The van der Waals surface area contributed by atoms with E-state index in [2.05, 4.69) is 30.9 Å². The van der Waals surface area contributed by atoms with Crippen LogP contribution in [0.4, 0.5) is 13.2 Å². The fraction of sp³-hybridized carbons (Fsp3) is 0.500. The summed E-state index contributed by atoms with van der Waals surface area (Å²) >= 11 is 5.93. The number of benzene rings is 1. The second-order valence-electron chi connectivity index (χ2n) is 8.15. The van der Waals surface area contributed by atoms with Gasteiger partial charge < -0.3 is 20.7 Å². The lowest BCUT2D eigenvalue weighted by Gasteiger charge is -2.19. The number of hydrogen-bond acceptors (Lipinski definition) is 7. The lowest BCUT2D eigenvalue weighted by molar-refractivity contribution is -0.274. The van der Waals surface area contributed by atoms with E-state index in [-0.39, 0.29) is 29.7 Å². The first-order valence-electron chi connectivity index (χ1n) is 11.3. The van der Waals surface area contributed by atoms with Crippen LogP contribution in [0, 0.1) is 11.3 Å². The smallest absolute Gasteiger partial charge is 0.404 e. The zero-order valence-corrected chi connectivity index (χ0v) is 19.9. The fourth-order valence-electron chi connectivity index (χ4n) is 3.61. The minimum atomic E-state index is -4.90. The van der Waals surface area contributed by atoms with E-state index in [9.17, 15) is 22.8 Å². The van der Waals surface area contributed by atoms with Gasteiger partial charge >= 0.3 is 6.36 Å². The molecule has 2 amide bonds. The number of amides is 2. The van der Waals surface area contributed by atoms with Crippen molar-refractivity contribution in [1.29, 1.82) is 5.26 Å². The summed E-state index contributed by atoms with van der Waals surface area (Å²) in [4.78, 5) is 27.2. The van der Waals surface area contributed by atoms with Crippen LogP contribution in [0.15, 0.2) is 24.4 Å². The predicted octanol–water partition coefficient (Wildman–Crippen LogP) is 2.52. The predicted molar refractivity (Wildman–Crippen MR) is 122 cm³/mol. The van der Waals surface area contributed by atoms with Crippen molar-refractivity contribution in [2.45, 2.75) is 50.6 Å². The van der Waals surface area contributed by atoms with Crippen LogP contribution >= 0.6 is 11.6 Å². The van der Waals surface area contributed by atoms with Crippen LogP contribution in [0.3, 0.4) is 0 Å². The molecule has 2 aromatic rings. The van der Waals surface area contributed by atoms with Gasteiger partial charge in [-0.3, -0.25) is 9.59 Å². The van der Waals surface area contributed by atoms with Crippen molar-refractivity contribution in [3.63, 3.8) is 0 Å². The Morgan fingerprint density at radius 2 is 2.17 bits per heavy atom. The Morgan fingerprint density at radius 3 is 2.83 bits per heavy atom. The third kappa shape index (κ3) is 8.10.